The maximum atomic E-state index is 12.4. The molecule has 0 bridgehead atoms. The first-order chi connectivity index (χ1) is 18.9. The zero-order valence-electron chi connectivity index (χ0n) is 24.1. The van der Waals surface area contributed by atoms with Crippen LogP contribution in [0.15, 0.2) is 36.9 Å². The molecule has 2 aromatic heterocycles. The number of nitrogens with zero attached hydrogens (tertiary/aromatic N) is 5. The van der Waals surface area contributed by atoms with Gasteiger partial charge in [-0.05, 0) is 50.3 Å². The van der Waals surface area contributed by atoms with E-state index >= 15 is 0 Å². The Morgan fingerprint density at radius 1 is 1.12 bits per heavy atom. The monoisotopic (exact) mass is 554 g/mol. The highest BCUT2D eigenvalue weighted by Gasteiger charge is 2.48. The molecule has 6 N–H and O–H groups in total. The molecule has 12 nitrogen and oxygen atoms in total. The molecule has 0 radical (unpaired) electrons. The standard InChI is InChI=1S/C28H42N8O4/c1-16(2)35(13-7-12-30-27(39)34-19-10-8-18(9-11-19)28(4,5)6)17(3)23-21(37)22(38)26(40-23)36-15-33-20-24(29)31-14-32-25(20)36/h8-11,14-17,21-23,26,37-38H,7,12-13H2,1-6H3,(H2,29,31,32)(H2,30,34,39)/t17-,21-,22+,23+,26+/m0/s1. The van der Waals surface area contributed by atoms with E-state index in [1.807, 2.05) is 31.2 Å². The van der Waals surface area contributed by atoms with Gasteiger partial charge in [0.25, 0.3) is 0 Å². The third-order valence-corrected chi connectivity index (χ3v) is 7.49. The van der Waals surface area contributed by atoms with Crippen LogP contribution in [-0.4, -0.2) is 84.1 Å². The fraction of sp³-hybridized carbons (Fsp3) is 0.571. The minimum absolute atomic E-state index is 0.0517. The lowest BCUT2D eigenvalue weighted by Gasteiger charge is -2.36. The van der Waals surface area contributed by atoms with E-state index in [1.54, 1.807) is 4.57 Å². The molecule has 1 aliphatic heterocycles. The second kappa shape index (κ2) is 12.0. The van der Waals surface area contributed by atoms with Crippen LogP contribution in [-0.2, 0) is 10.2 Å². The number of urea groups is 1. The molecule has 2 amide bonds. The molecule has 0 saturated carbocycles. The molecule has 3 heterocycles. The first-order valence-corrected chi connectivity index (χ1v) is 13.7. The van der Waals surface area contributed by atoms with Crippen molar-refractivity contribution < 1.29 is 19.7 Å². The topological polar surface area (TPSA) is 164 Å². The molecule has 3 aromatic rings. The van der Waals surface area contributed by atoms with Crippen molar-refractivity contribution in [2.75, 3.05) is 24.1 Å². The fourth-order valence-electron chi connectivity index (χ4n) is 5.18. The van der Waals surface area contributed by atoms with Gasteiger partial charge in [-0.2, -0.15) is 0 Å². The van der Waals surface area contributed by atoms with E-state index in [4.69, 9.17) is 10.5 Å². The number of hydrogen-bond donors (Lipinski definition) is 5. The van der Waals surface area contributed by atoms with Crippen LogP contribution in [0.25, 0.3) is 11.2 Å². The number of nitrogens with one attached hydrogen (secondary N) is 2. The molecule has 40 heavy (non-hydrogen) atoms. The number of aliphatic hydroxyl groups is 2. The van der Waals surface area contributed by atoms with Gasteiger partial charge in [-0.25, -0.2) is 19.7 Å². The maximum Gasteiger partial charge on any atom is 0.319 e. The van der Waals surface area contributed by atoms with Crippen LogP contribution in [0.4, 0.5) is 16.3 Å². The summed E-state index contributed by atoms with van der Waals surface area (Å²) in [6.45, 7) is 13.7. The molecule has 1 saturated heterocycles. The minimum atomic E-state index is -1.18. The first-order valence-electron chi connectivity index (χ1n) is 13.7. The molecule has 5 atom stereocenters. The number of aromatic nitrogens is 4. The Morgan fingerprint density at radius 2 is 1.82 bits per heavy atom. The van der Waals surface area contributed by atoms with Crippen LogP contribution in [0.2, 0.25) is 0 Å². The Hall–Kier alpha value is -3.32. The second-order valence-electron chi connectivity index (χ2n) is 11.7. The summed E-state index contributed by atoms with van der Waals surface area (Å²) in [5.74, 6) is 0.230. The zero-order chi connectivity index (χ0) is 29.2. The van der Waals surface area contributed by atoms with Gasteiger partial charge in [-0.15, -0.1) is 0 Å². The molecule has 0 aliphatic carbocycles. The predicted octanol–water partition coefficient (Wildman–Crippen LogP) is 2.64. The van der Waals surface area contributed by atoms with E-state index in [2.05, 4.69) is 65.1 Å². The molecular formula is C28H42N8O4. The molecule has 0 spiro atoms. The number of rotatable bonds is 9. The summed E-state index contributed by atoms with van der Waals surface area (Å²) in [6, 6.07) is 7.52. The minimum Gasteiger partial charge on any atom is -0.387 e. The van der Waals surface area contributed by atoms with Crippen molar-refractivity contribution in [2.45, 2.75) is 90.0 Å². The van der Waals surface area contributed by atoms with Crippen molar-refractivity contribution in [3.05, 3.63) is 42.5 Å². The van der Waals surface area contributed by atoms with Crippen molar-refractivity contribution in [1.82, 2.24) is 29.7 Å². The number of aliphatic hydroxyl groups excluding tert-OH is 2. The summed E-state index contributed by atoms with van der Waals surface area (Å²) in [6.07, 6.45) is -0.338. The van der Waals surface area contributed by atoms with Crippen molar-refractivity contribution in [2.24, 2.45) is 0 Å². The van der Waals surface area contributed by atoms with Crippen LogP contribution in [0.5, 0.6) is 0 Å². The Bertz CT molecular complexity index is 1290. The number of amides is 2. The van der Waals surface area contributed by atoms with E-state index in [1.165, 1.54) is 18.2 Å². The number of carbonyl (C=O) groups is 1. The van der Waals surface area contributed by atoms with Gasteiger partial charge in [0.15, 0.2) is 17.7 Å². The lowest BCUT2D eigenvalue weighted by atomic mass is 9.87. The molecule has 1 aliphatic rings. The van der Waals surface area contributed by atoms with Crippen LogP contribution in [0, 0.1) is 0 Å². The van der Waals surface area contributed by atoms with E-state index in [0.717, 1.165) is 5.69 Å². The normalized spacial score (nSPS) is 22.2. The van der Waals surface area contributed by atoms with E-state index in [-0.39, 0.29) is 29.3 Å². The Labute approximate surface area is 235 Å². The zero-order valence-corrected chi connectivity index (χ0v) is 24.1. The number of nitrogens with two attached hydrogens (primary N) is 1. The summed E-state index contributed by atoms with van der Waals surface area (Å²) >= 11 is 0. The first kappa shape index (κ1) is 29.7. The SMILES string of the molecule is CC(C)N(CCCNC(=O)Nc1ccc(C(C)(C)C)cc1)[C@@H](C)[C@H]1O[C@@H](n2cnc3c(N)ncnc32)[C@H](O)[C@@H]1O. The number of anilines is 2. The number of carbonyl (C=O) groups excluding carboxylic acids is 1. The smallest absolute Gasteiger partial charge is 0.319 e. The number of benzene rings is 1. The lowest BCUT2D eigenvalue weighted by molar-refractivity contribution is -0.0688. The largest absolute Gasteiger partial charge is 0.387 e. The van der Waals surface area contributed by atoms with Crippen LogP contribution >= 0.6 is 0 Å². The lowest BCUT2D eigenvalue weighted by Crippen LogP contribution is -2.50. The summed E-state index contributed by atoms with van der Waals surface area (Å²) in [4.78, 5) is 27.0. The van der Waals surface area contributed by atoms with Gasteiger partial charge in [0, 0.05) is 30.9 Å². The number of hydrogen-bond acceptors (Lipinski definition) is 9. The van der Waals surface area contributed by atoms with Gasteiger partial charge >= 0.3 is 6.03 Å². The second-order valence-corrected chi connectivity index (χ2v) is 11.7. The van der Waals surface area contributed by atoms with E-state index < -0.39 is 24.5 Å². The number of imidazole rings is 1. The maximum absolute atomic E-state index is 12.4. The molecule has 218 valence electrons. The highest BCUT2D eigenvalue weighted by molar-refractivity contribution is 5.89. The molecule has 1 fully saturated rings. The third-order valence-electron chi connectivity index (χ3n) is 7.49. The van der Waals surface area contributed by atoms with Gasteiger partial charge in [-0.1, -0.05) is 32.9 Å². The number of nitrogen functional groups attached to an aromatic ring is 1. The average Bonchev–Trinajstić information content (AvgIpc) is 3.45. The van der Waals surface area contributed by atoms with Crippen molar-refractivity contribution in [3.63, 3.8) is 0 Å². The van der Waals surface area contributed by atoms with Gasteiger partial charge < -0.3 is 31.3 Å². The van der Waals surface area contributed by atoms with E-state index in [0.29, 0.717) is 30.7 Å². The van der Waals surface area contributed by atoms with Gasteiger partial charge in [0.2, 0.25) is 0 Å². The summed E-state index contributed by atoms with van der Waals surface area (Å²) in [5, 5.41) is 27.6. The number of fused-ring (bicyclic) bond motifs is 1. The quantitative estimate of drug-likeness (QED) is 0.250. The average molecular weight is 555 g/mol. The fourth-order valence-corrected chi connectivity index (χ4v) is 5.18. The van der Waals surface area contributed by atoms with Crippen LogP contribution in [0.1, 0.15) is 59.8 Å². The van der Waals surface area contributed by atoms with E-state index in [9.17, 15) is 15.0 Å². The Morgan fingerprint density at radius 3 is 2.48 bits per heavy atom. The van der Waals surface area contributed by atoms with Crippen molar-refractivity contribution in [1.29, 1.82) is 0 Å². The predicted molar refractivity (Wildman–Crippen MR) is 154 cm³/mol. The third kappa shape index (κ3) is 6.35. The van der Waals surface area contributed by atoms with Gasteiger partial charge in [0.05, 0.1) is 6.33 Å². The van der Waals surface area contributed by atoms with Gasteiger partial charge in [-0.3, -0.25) is 9.47 Å². The number of ether oxygens (including phenoxy) is 1. The molecule has 1 aromatic carbocycles. The van der Waals surface area contributed by atoms with Crippen LogP contribution in [0.3, 0.4) is 0 Å². The Balaban J connectivity index is 1.32. The Kier molecular flexibility index (Phi) is 8.93. The highest BCUT2D eigenvalue weighted by Crippen LogP contribution is 2.35. The molecule has 4 rings (SSSR count). The summed E-state index contributed by atoms with van der Waals surface area (Å²) < 4.78 is 7.79. The summed E-state index contributed by atoms with van der Waals surface area (Å²) in [5.41, 5.74) is 8.72. The summed E-state index contributed by atoms with van der Waals surface area (Å²) in [7, 11) is 0. The molecule has 0 unspecified atom stereocenters. The highest BCUT2D eigenvalue weighted by atomic mass is 16.6. The van der Waals surface area contributed by atoms with Crippen LogP contribution < -0.4 is 16.4 Å². The molecular weight excluding hydrogens is 512 g/mol. The van der Waals surface area contributed by atoms with Crippen molar-refractivity contribution >= 4 is 28.7 Å². The van der Waals surface area contributed by atoms with Crippen molar-refractivity contribution in [3.8, 4) is 0 Å². The molecule has 12 heteroatoms. The van der Waals surface area contributed by atoms with Gasteiger partial charge in [0.1, 0.15) is 30.2 Å².